The second-order valence-corrected chi connectivity index (χ2v) is 4.45. The van der Waals surface area contributed by atoms with Crippen molar-refractivity contribution in [3.05, 3.63) is 59.4 Å². The molecule has 0 bridgehead atoms. The van der Waals surface area contributed by atoms with Gasteiger partial charge in [-0.15, -0.1) is 0 Å². The van der Waals surface area contributed by atoms with E-state index in [-0.39, 0.29) is 0 Å². The summed E-state index contributed by atoms with van der Waals surface area (Å²) in [7, 11) is 0. The largest absolute Gasteiger partial charge is 0.297 e. The van der Waals surface area contributed by atoms with Crippen molar-refractivity contribution in [2.24, 2.45) is 0 Å². The van der Waals surface area contributed by atoms with Crippen LogP contribution in [-0.2, 0) is 0 Å². The lowest BCUT2D eigenvalue weighted by Gasteiger charge is -1.94. The van der Waals surface area contributed by atoms with E-state index in [1.165, 1.54) is 5.56 Å². The molecule has 0 spiro atoms. The van der Waals surface area contributed by atoms with E-state index in [0.29, 0.717) is 0 Å². The molecule has 3 heteroatoms. The molecular formula is C14H10ClN2. The van der Waals surface area contributed by atoms with Gasteiger partial charge in [-0.2, -0.15) is 0 Å². The molecule has 0 fully saturated rings. The molecule has 3 aromatic rings. The molecule has 2 nitrogen and oxygen atoms in total. The van der Waals surface area contributed by atoms with Crippen LogP contribution in [0, 0.1) is 13.1 Å². The van der Waals surface area contributed by atoms with Crippen molar-refractivity contribution in [1.29, 1.82) is 0 Å². The molecule has 0 atom stereocenters. The smallest absolute Gasteiger partial charge is 0.138 e. The van der Waals surface area contributed by atoms with Crippen LogP contribution in [0.1, 0.15) is 5.56 Å². The fourth-order valence-electron chi connectivity index (χ4n) is 1.77. The Morgan fingerprint density at radius 3 is 2.65 bits per heavy atom. The maximum atomic E-state index is 5.86. The average Bonchev–Trinajstić information content (AvgIpc) is 2.72. The van der Waals surface area contributed by atoms with Crippen molar-refractivity contribution in [3.63, 3.8) is 0 Å². The lowest BCUT2D eigenvalue weighted by atomic mass is 10.2. The quantitative estimate of drug-likeness (QED) is 0.634. The minimum atomic E-state index is 0.730. The molecule has 0 saturated heterocycles. The molecule has 0 saturated carbocycles. The summed E-state index contributed by atoms with van der Waals surface area (Å²) in [5.41, 5.74) is 3.96. The number of benzene rings is 1. The minimum absolute atomic E-state index is 0.730. The van der Waals surface area contributed by atoms with E-state index in [1.807, 2.05) is 47.0 Å². The fourth-order valence-corrected chi connectivity index (χ4v) is 1.90. The van der Waals surface area contributed by atoms with Gasteiger partial charge in [0.1, 0.15) is 5.65 Å². The first-order chi connectivity index (χ1) is 8.22. The molecule has 0 aliphatic carbocycles. The molecule has 0 amide bonds. The molecule has 2 aromatic heterocycles. The number of imidazole rings is 1. The number of aryl methyl sites for hydroxylation is 1. The average molecular weight is 242 g/mol. The summed E-state index contributed by atoms with van der Waals surface area (Å²) in [4.78, 5) is 4.52. The Labute approximate surface area is 104 Å². The topological polar surface area (TPSA) is 17.3 Å². The highest BCUT2D eigenvalue weighted by molar-refractivity contribution is 6.30. The van der Waals surface area contributed by atoms with Crippen LogP contribution < -0.4 is 0 Å². The zero-order valence-electron chi connectivity index (χ0n) is 9.31. The normalized spacial score (nSPS) is 10.9. The molecule has 0 aliphatic heterocycles. The zero-order valence-corrected chi connectivity index (χ0v) is 10.1. The predicted octanol–water partition coefficient (Wildman–Crippen LogP) is 3.76. The fraction of sp³-hybridized carbons (Fsp3) is 0.0714. The summed E-state index contributed by atoms with van der Waals surface area (Å²) in [6.07, 6.45) is 5.25. The summed E-state index contributed by atoms with van der Waals surface area (Å²) < 4.78 is 1.92. The van der Waals surface area contributed by atoms with Crippen LogP contribution in [-0.4, -0.2) is 9.38 Å². The third-order valence-corrected chi connectivity index (χ3v) is 2.90. The first-order valence-electron chi connectivity index (χ1n) is 5.36. The molecular weight excluding hydrogens is 232 g/mol. The number of halogens is 1. The third-order valence-electron chi connectivity index (χ3n) is 2.65. The molecule has 83 valence electrons. The molecule has 3 rings (SSSR count). The van der Waals surface area contributed by atoms with Gasteiger partial charge in [0, 0.05) is 16.8 Å². The van der Waals surface area contributed by atoms with Crippen LogP contribution >= 0.6 is 11.6 Å². The maximum absolute atomic E-state index is 5.86. The van der Waals surface area contributed by atoms with Gasteiger partial charge in [-0.3, -0.25) is 4.40 Å². The first-order valence-corrected chi connectivity index (χ1v) is 5.74. The Hall–Kier alpha value is -1.80. The molecule has 0 unspecified atom stereocenters. The van der Waals surface area contributed by atoms with E-state index in [2.05, 4.69) is 18.1 Å². The molecule has 0 N–H and O–H groups in total. The summed E-state index contributed by atoms with van der Waals surface area (Å²) in [6.45, 7) is 2.05. The van der Waals surface area contributed by atoms with Crippen molar-refractivity contribution in [3.8, 4) is 11.3 Å². The van der Waals surface area contributed by atoms with Crippen molar-refractivity contribution in [1.82, 2.24) is 9.38 Å². The van der Waals surface area contributed by atoms with E-state index >= 15 is 0 Å². The lowest BCUT2D eigenvalue weighted by Crippen LogP contribution is -1.82. The van der Waals surface area contributed by atoms with Crippen LogP contribution in [0.5, 0.6) is 0 Å². The van der Waals surface area contributed by atoms with Crippen LogP contribution in [0.25, 0.3) is 16.9 Å². The zero-order chi connectivity index (χ0) is 11.8. The van der Waals surface area contributed by atoms with Gasteiger partial charge in [0.05, 0.1) is 11.9 Å². The first kappa shape index (κ1) is 10.4. The Morgan fingerprint density at radius 2 is 1.88 bits per heavy atom. The van der Waals surface area contributed by atoms with Gasteiger partial charge in [-0.25, -0.2) is 4.98 Å². The van der Waals surface area contributed by atoms with E-state index in [0.717, 1.165) is 21.9 Å². The summed E-state index contributed by atoms with van der Waals surface area (Å²) in [6, 6.07) is 11.7. The third kappa shape index (κ3) is 1.92. The number of hydrogen-bond donors (Lipinski definition) is 0. The van der Waals surface area contributed by atoms with Gasteiger partial charge in [0.25, 0.3) is 0 Å². The number of nitrogens with zero attached hydrogens (tertiary/aromatic N) is 2. The van der Waals surface area contributed by atoms with Crippen LogP contribution in [0.4, 0.5) is 0 Å². The lowest BCUT2D eigenvalue weighted by molar-refractivity contribution is 1.15. The standard InChI is InChI=1S/C14H10ClN2/c1-10-2-7-14-16-13(9-17(14)8-10)11-3-5-12(15)6-4-11/h2-8H,1H3. The number of rotatable bonds is 1. The number of aromatic nitrogens is 2. The Balaban J connectivity index is 2.14. The SMILES string of the molecule is Cc1ccc2nc(-c3ccc(Cl)cc3)[c]n2c1. The van der Waals surface area contributed by atoms with Gasteiger partial charge in [-0.05, 0) is 30.7 Å². The molecule has 17 heavy (non-hydrogen) atoms. The Kier molecular flexibility index (Phi) is 2.37. The highest BCUT2D eigenvalue weighted by Crippen LogP contribution is 2.20. The van der Waals surface area contributed by atoms with Gasteiger partial charge in [0.15, 0.2) is 0 Å². The van der Waals surface area contributed by atoms with Gasteiger partial charge < -0.3 is 0 Å². The van der Waals surface area contributed by atoms with E-state index in [4.69, 9.17) is 11.6 Å². The molecule has 1 radical (unpaired) electrons. The summed E-state index contributed by atoms with van der Waals surface area (Å²) in [5, 5.41) is 0.730. The summed E-state index contributed by atoms with van der Waals surface area (Å²) in [5.74, 6) is 0. The van der Waals surface area contributed by atoms with Crippen molar-refractivity contribution in [2.75, 3.05) is 0 Å². The van der Waals surface area contributed by atoms with Crippen molar-refractivity contribution >= 4 is 17.2 Å². The maximum Gasteiger partial charge on any atom is 0.138 e. The second kappa shape index (κ2) is 3.90. The van der Waals surface area contributed by atoms with Crippen molar-refractivity contribution < 1.29 is 0 Å². The van der Waals surface area contributed by atoms with E-state index in [1.54, 1.807) is 0 Å². The predicted molar refractivity (Wildman–Crippen MR) is 69.2 cm³/mol. The van der Waals surface area contributed by atoms with Crippen molar-refractivity contribution in [2.45, 2.75) is 6.92 Å². The van der Waals surface area contributed by atoms with Crippen LogP contribution in [0.2, 0.25) is 5.02 Å². The van der Waals surface area contributed by atoms with Gasteiger partial charge >= 0.3 is 0 Å². The highest BCUT2D eigenvalue weighted by atomic mass is 35.5. The number of fused-ring (bicyclic) bond motifs is 1. The van der Waals surface area contributed by atoms with E-state index < -0.39 is 0 Å². The number of hydrogen-bond acceptors (Lipinski definition) is 1. The molecule has 2 heterocycles. The van der Waals surface area contributed by atoms with Gasteiger partial charge in [0.2, 0.25) is 0 Å². The molecule has 1 aromatic carbocycles. The minimum Gasteiger partial charge on any atom is -0.297 e. The van der Waals surface area contributed by atoms with Crippen LogP contribution in [0.3, 0.4) is 0 Å². The van der Waals surface area contributed by atoms with Crippen LogP contribution in [0.15, 0.2) is 42.6 Å². The monoisotopic (exact) mass is 241 g/mol. The Bertz CT molecular complexity index is 668. The number of pyridine rings is 1. The van der Waals surface area contributed by atoms with E-state index in [9.17, 15) is 0 Å². The second-order valence-electron chi connectivity index (χ2n) is 4.01. The Morgan fingerprint density at radius 1 is 1.12 bits per heavy atom. The molecule has 0 aliphatic rings. The van der Waals surface area contributed by atoms with Gasteiger partial charge in [-0.1, -0.05) is 29.8 Å². The highest BCUT2D eigenvalue weighted by Gasteiger charge is 2.04. The summed E-state index contributed by atoms with van der Waals surface area (Å²) >= 11 is 5.86.